The predicted octanol–water partition coefficient (Wildman–Crippen LogP) is 4.72. The van der Waals surface area contributed by atoms with Gasteiger partial charge in [-0.25, -0.2) is 4.79 Å². The molecule has 0 heterocycles. The first kappa shape index (κ1) is 17.4. The fourth-order valence-electron chi connectivity index (χ4n) is 1.77. The van der Waals surface area contributed by atoms with Crippen LogP contribution in [0.25, 0.3) is 0 Å². The van der Waals surface area contributed by atoms with Crippen LogP contribution in [0.3, 0.4) is 0 Å². The maximum atomic E-state index is 12.0. The van der Waals surface area contributed by atoms with Gasteiger partial charge in [0, 0.05) is 19.5 Å². The van der Waals surface area contributed by atoms with E-state index < -0.39 is 0 Å². The summed E-state index contributed by atoms with van der Waals surface area (Å²) in [6.45, 7) is 7.15. The van der Waals surface area contributed by atoms with Crippen LogP contribution < -0.4 is 4.74 Å². The van der Waals surface area contributed by atoms with Crippen molar-refractivity contribution in [2.24, 2.45) is 0 Å². The van der Waals surface area contributed by atoms with Gasteiger partial charge in [-0.1, -0.05) is 42.9 Å². The highest BCUT2D eigenvalue weighted by atomic mass is 35.5. The molecule has 0 radical (unpaired) electrons. The van der Waals surface area contributed by atoms with Gasteiger partial charge in [0.1, 0.15) is 5.75 Å². The van der Waals surface area contributed by atoms with Crippen LogP contribution in [0.2, 0.25) is 5.02 Å². The van der Waals surface area contributed by atoms with Crippen LogP contribution in [0.15, 0.2) is 18.2 Å². The topological polar surface area (TPSA) is 29.5 Å². The van der Waals surface area contributed by atoms with E-state index in [1.165, 1.54) is 0 Å². The number of hydrogen-bond acceptors (Lipinski definition) is 2. The fourth-order valence-corrected chi connectivity index (χ4v) is 1.98. The third-order valence-corrected chi connectivity index (χ3v) is 3.38. The van der Waals surface area contributed by atoms with Gasteiger partial charge in [0.25, 0.3) is 0 Å². The largest absolute Gasteiger partial charge is 0.415 e. The molecule has 0 aliphatic carbocycles. The molecule has 1 aromatic rings. The average molecular weight is 308 g/mol. The van der Waals surface area contributed by atoms with E-state index in [-0.39, 0.29) is 6.09 Å². The lowest BCUT2D eigenvalue weighted by atomic mass is 10.2. The van der Waals surface area contributed by atoms with Gasteiger partial charge >= 0.3 is 6.09 Å². The van der Waals surface area contributed by atoms with E-state index in [4.69, 9.17) is 16.3 Å². The molecule has 0 aliphatic rings. The summed E-state index contributed by atoms with van der Waals surface area (Å²) in [5, 5.41) is 0.504. The number of unbranched alkanes of at least 4 members (excludes halogenated alkanes) is 2. The van der Waals surface area contributed by atoms with E-state index in [1.54, 1.807) is 23.1 Å². The molecule has 0 atom stereocenters. The van der Waals surface area contributed by atoms with Crippen LogP contribution in [-0.4, -0.2) is 24.1 Å². The van der Waals surface area contributed by atoms with E-state index in [0.717, 1.165) is 19.3 Å². The molecule has 0 saturated carbocycles. The molecule has 0 spiro atoms. The summed E-state index contributed by atoms with van der Waals surface area (Å²) < 4.78 is 5.43. The lowest BCUT2D eigenvalue weighted by Gasteiger charge is -2.18. The number of halogens is 1. The van der Waals surface area contributed by atoms with Crippen molar-refractivity contribution in [1.82, 2.24) is 4.90 Å². The van der Waals surface area contributed by atoms with E-state index in [2.05, 4.69) is 18.8 Å². The van der Waals surface area contributed by atoms with E-state index in [9.17, 15) is 4.79 Å². The molecular formula is C17H22ClNO2. The van der Waals surface area contributed by atoms with Crippen molar-refractivity contribution < 1.29 is 9.53 Å². The van der Waals surface area contributed by atoms with Crippen molar-refractivity contribution in [2.45, 2.75) is 40.0 Å². The second kappa shape index (κ2) is 9.31. The first-order chi connectivity index (χ1) is 10.1. The molecule has 0 N–H and O–H groups in total. The average Bonchev–Trinajstić information content (AvgIpc) is 2.47. The lowest BCUT2D eigenvalue weighted by molar-refractivity contribution is 0.157. The first-order valence-electron chi connectivity index (χ1n) is 7.38. The van der Waals surface area contributed by atoms with Crippen LogP contribution in [0.5, 0.6) is 5.75 Å². The van der Waals surface area contributed by atoms with Crippen molar-refractivity contribution in [2.75, 3.05) is 13.1 Å². The maximum Gasteiger partial charge on any atom is 0.415 e. The minimum Gasteiger partial charge on any atom is -0.409 e. The molecule has 0 saturated heterocycles. The number of carbonyl (C=O) groups excluding carboxylic acids is 1. The highest BCUT2D eigenvalue weighted by Crippen LogP contribution is 2.26. The Balaban J connectivity index is 2.93. The quantitative estimate of drug-likeness (QED) is 0.582. The van der Waals surface area contributed by atoms with E-state index in [1.807, 2.05) is 13.8 Å². The van der Waals surface area contributed by atoms with Crippen molar-refractivity contribution in [3.05, 3.63) is 28.8 Å². The summed E-state index contributed by atoms with van der Waals surface area (Å²) in [4.78, 5) is 13.6. The Labute approximate surface area is 132 Å². The maximum absolute atomic E-state index is 12.0. The van der Waals surface area contributed by atoms with Crippen molar-refractivity contribution in [3.63, 3.8) is 0 Å². The van der Waals surface area contributed by atoms with Crippen LogP contribution in [0.4, 0.5) is 4.79 Å². The summed E-state index contributed by atoms with van der Waals surface area (Å²) in [6, 6.07) is 5.22. The zero-order valence-electron chi connectivity index (χ0n) is 12.9. The SMILES string of the molecule is CCCCC#Cc1c(Cl)cccc1OC(=O)N(CC)CC. The Morgan fingerprint density at radius 2 is 2.00 bits per heavy atom. The molecule has 0 aliphatic heterocycles. The molecular weight excluding hydrogens is 286 g/mol. The molecule has 1 amide bonds. The standard InChI is InChI=1S/C17H22ClNO2/c1-4-7-8-9-11-14-15(18)12-10-13-16(14)21-17(20)19(5-2)6-3/h10,12-13H,4-8H2,1-3H3. The molecule has 0 unspecified atom stereocenters. The molecule has 0 fully saturated rings. The monoisotopic (exact) mass is 307 g/mol. The summed E-state index contributed by atoms with van der Waals surface area (Å²) in [6.07, 6.45) is 2.58. The van der Waals surface area contributed by atoms with Gasteiger partial charge in [-0.2, -0.15) is 0 Å². The molecule has 1 aromatic carbocycles. The lowest BCUT2D eigenvalue weighted by Crippen LogP contribution is -2.33. The normalized spacial score (nSPS) is 9.71. The zero-order chi connectivity index (χ0) is 15.7. The number of hydrogen-bond donors (Lipinski definition) is 0. The Morgan fingerprint density at radius 3 is 2.62 bits per heavy atom. The molecule has 4 heteroatoms. The zero-order valence-corrected chi connectivity index (χ0v) is 13.7. The minimum absolute atomic E-state index is 0.376. The van der Waals surface area contributed by atoms with Gasteiger partial charge in [-0.15, -0.1) is 0 Å². The van der Waals surface area contributed by atoms with Gasteiger partial charge in [-0.3, -0.25) is 0 Å². The highest BCUT2D eigenvalue weighted by molar-refractivity contribution is 6.32. The van der Waals surface area contributed by atoms with Crippen molar-refractivity contribution in [1.29, 1.82) is 0 Å². The van der Waals surface area contributed by atoms with Gasteiger partial charge in [-0.05, 0) is 32.4 Å². The van der Waals surface area contributed by atoms with Crippen LogP contribution in [-0.2, 0) is 0 Å². The van der Waals surface area contributed by atoms with E-state index in [0.29, 0.717) is 29.4 Å². The molecule has 0 bridgehead atoms. The van der Waals surface area contributed by atoms with Gasteiger partial charge < -0.3 is 9.64 Å². The highest BCUT2D eigenvalue weighted by Gasteiger charge is 2.15. The van der Waals surface area contributed by atoms with Crippen LogP contribution in [0, 0.1) is 11.8 Å². The molecule has 114 valence electrons. The number of carbonyl (C=O) groups is 1. The predicted molar refractivity (Wildman–Crippen MR) is 86.8 cm³/mol. The number of rotatable bonds is 5. The summed E-state index contributed by atoms with van der Waals surface area (Å²) in [5.41, 5.74) is 0.579. The minimum atomic E-state index is -0.376. The first-order valence-corrected chi connectivity index (χ1v) is 7.75. The molecule has 3 nitrogen and oxygen atoms in total. The van der Waals surface area contributed by atoms with Gasteiger partial charge in [0.05, 0.1) is 10.6 Å². The molecule has 0 aromatic heterocycles. The second-order valence-electron chi connectivity index (χ2n) is 4.56. The van der Waals surface area contributed by atoms with Crippen LogP contribution in [0.1, 0.15) is 45.6 Å². The van der Waals surface area contributed by atoms with E-state index >= 15 is 0 Å². The third-order valence-electron chi connectivity index (χ3n) is 3.06. The Kier molecular flexibility index (Phi) is 7.71. The Bertz CT molecular complexity index is 527. The second-order valence-corrected chi connectivity index (χ2v) is 4.97. The molecule has 21 heavy (non-hydrogen) atoms. The van der Waals surface area contributed by atoms with Crippen molar-refractivity contribution in [3.8, 4) is 17.6 Å². The summed E-state index contributed by atoms with van der Waals surface area (Å²) >= 11 is 6.17. The Hall–Kier alpha value is -1.66. The fraction of sp³-hybridized carbons (Fsp3) is 0.471. The summed E-state index contributed by atoms with van der Waals surface area (Å²) in [7, 11) is 0. The number of ether oxygens (including phenoxy) is 1. The summed E-state index contributed by atoms with van der Waals surface area (Å²) in [5.74, 6) is 6.51. The number of amides is 1. The number of nitrogens with zero attached hydrogens (tertiary/aromatic N) is 1. The van der Waals surface area contributed by atoms with Gasteiger partial charge in [0.15, 0.2) is 0 Å². The smallest absolute Gasteiger partial charge is 0.409 e. The number of benzene rings is 1. The third kappa shape index (κ3) is 5.32. The molecule has 1 rings (SSSR count). The van der Waals surface area contributed by atoms with Crippen LogP contribution >= 0.6 is 11.6 Å². The van der Waals surface area contributed by atoms with Gasteiger partial charge in [0.2, 0.25) is 0 Å². The Morgan fingerprint density at radius 1 is 1.29 bits per heavy atom. The van der Waals surface area contributed by atoms with Crippen molar-refractivity contribution >= 4 is 17.7 Å².